The molecule has 0 aliphatic carbocycles. The molecule has 0 spiro atoms. The van der Waals surface area contributed by atoms with Gasteiger partial charge in [0.2, 0.25) is 5.91 Å². The van der Waals surface area contributed by atoms with Crippen LogP contribution in [0.1, 0.15) is 22.3 Å². The first-order valence-electron chi connectivity index (χ1n) is 7.20. The van der Waals surface area contributed by atoms with Crippen LogP contribution in [0, 0.1) is 17.5 Å². The van der Waals surface area contributed by atoms with Gasteiger partial charge in [-0.15, -0.1) is 0 Å². The molecule has 7 heteroatoms. The van der Waals surface area contributed by atoms with E-state index in [0.29, 0.717) is 11.6 Å². The van der Waals surface area contributed by atoms with Crippen LogP contribution >= 0.6 is 0 Å². The number of carbonyl (C=O) groups excluding carboxylic acids is 2. The van der Waals surface area contributed by atoms with Gasteiger partial charge in [-0.3, -0.25) is 9.59 Å². The monoisotopic (exact) mass is 336 g/mol. The van der Waals surface area contributed by atoms with Gasteiger partial charge in [-0.1, -0.05) is 12.1 Å². The Morgan fingerprint density at radius 1 is 0.917 bits per heavy atom. The third-order valence-corrected chi connectivity index (χ3v) is 3.19. The first kappa shape index (κ1) is 17.5. The Hall–Kier alpha value is -2.83. The van der Waals surface area contributed by atoms with Crippen molar-refractivity contribution >= 4 is 11.8 Å². The van der Waals surface area contributed by atoms with Crippen LogP contribution in [-0.4, -0.2) is 18.4 Å². The highest BCUT2D eigenvalue weighted by Crippen LogP contribution is 2.09. The molecule has 2 amide bonds. The van der Waals surface area contributed by atoms with Gasteiger partial charge >= 0.3 is 0 Å². The van der Waals surface area contributed by atoms with Gasteiger partial charge in [0.25, 0.3) is 5.91 Å². The SMILES string of the molecule is O=C(CCNC(=O)c1ccc(F)cc1F)NCc1cccc(F)c1. The Morgan fingerprint density at radius 2 is 1.67 bits per heavy atom. The summed E-state index contributed by atoms with van der Waals surface area (Å²) < 4.78 is 39.2. The van der Waals surface area contributed by atoms with E-state index in [0.717, 1.165) is 12.1 Å². The molecule has 0 radical (unpaired) electrons. The summed E-state index contributed by atoms with van der Waals surface area (Å²) in [5.41, 5.74) is 0.317. The van der Waals surface area contributed by atoms with Crippen molar-refractivity contribution in [3.8, 4) is 0 Å². The number of carbonyl (C=O) groups is 2. The third kappa shape index (κ3) is 5.12. The predicted octanol–water partition coefficient (Wildman–Crippen LogP) is 2.54. The Bertz CT molecular complexity index is 750. The number of hydrogen-bond donors (Lipinski definition) is 2. The molecule has 24 heavy (non-hydrogen) atoms. The second-order valence-electron chi connectivity index (χ2n) is 5.04. The van der Waals surface area contributed by atoms with E-state index < -0.39 is 23.4 Å². The fraction of sp³-hybridized carbons (Fsp3) is 0.176. The van der Waals surface area contributed by atoms with Crippen molar-refractivity contribution in [2.24, 2.45) is 0 Å². The molecule has 0 bridgehead atoms. The highest BCUT2D eigenvalue weighted by molar-refractivity contribution is 5.94. The second-order valence-corrected chi connectivity index (χ2v) is 5.04. The largest absolute Gasteiger partial charge is 0.352 e. The van der Waals surface area contributed by atoms with Crippen molar-refractivity contribution < 1.29 is 22.8 Å². The fourth-order valence-corrected chi connectivity index (χ4v) is 1.99. The number of benzene rings is 2. The zero-order chi connectivity index (χ0) is 17.5. The summed E-state index contributed by atoms with van der Waals surface area (Å²) in [6.07, 6.45) is -0.0239. The lowest BCUT2D eigenvalue weighted by Crippen LogP contribution is -2.31. The molecular weight excluding hydrogens is 321 g/mol. The molecule has 0 unspecified atom stereocenters. The van der Waals surface area contributed by atoms with Gasteiger partial charge in [-0.2, -0.15) is 0 Å². The quantitative estimate of drug-likeness (QED) is 0.852. The smallest absolute Gasteiger partial charge is 0.254 e. The summed E-state index contributed by atoms with van der Waals surface area (Å²) in [4.78, 5) is 23.4. The molecule has 0 heterocycles. The van der Waals surface area contributed by atoms with E-state index in [9.17, 15) is 22.8 Å². The van der Waals surface area contributed by atoms with Crippen molar-refractivity contribution in [3.05, 3.63) is 71.0 Å². The molecule has 2 N–H and O–H groups in total. The molecule has 0 fully saturated rings. The van der Waals surface area contributed by atoms with Crippen LogP contribution in [-0.2, 0) is 11.3 Å². The van der Waals surface area contributed by atoms with Crippen molar-refractivity contribution in [2.45, 2.75) is 13.0 Å². The highest BCUT2D eigenvalue weighted by atomic mass is 19.1. The second kappa shape index (κ2) is 8.14. The topological polar surface area (TPSA) is 58.2 Å². The van der Waals surface area contributed by atoms with Crippen molar-refractivity contribution in [2.75, 3.05) is 6.54 Å². The summed E-state index contributed by atoms with van der Waals surface area (Å²) >= 11 is 0. The summed E-state index contributed by atoms with van der Waals surface area (Å²) in [6, 6.07) is 8.43. The van der Waals surface area contributed by atoms with E-state index in [1.807, 2.05) is 0 Å². The van der Waals surface area contributed by atoms with E-state index in [1.165, 1.54) is 18.2 Å². The van der Waals surface area contributed by atoms with E-state index in [1.54, 1.807) is 6.07 Å². The predicted molar refractivity (Wildman–Crippen MR) is 81.6 cm³/mol. The average Bonchev–Trinajstić information content (AvgIpc) is 2.53. The molecule has 2 rings (SSSR count). The maximum atomic E-state index is 13.4. The zero-order valence-electron chi connectivity index (χ0n) is 12.6. The van der Waals surface area contributed by atoms with Gasteiger partial charge in [-0.05, 0) is 29.8 Å². The molecule has 0 saturated carbocycles. The van der Waals surface area contributed by atoms with Crippen LogP contribution in [0.5, 0.6) is 0 Å². The zero-order valence-corrected chi connectivity index (χ0v) is 12.6. The van der Waals surface area contributed by atoms with Crippen molar-refractivity contribution in [1.29, 1.82) is 0 Å². The number of nitrogens with one attached hydrogen (secondary N) is 2. The number of amides is 2. The molecule has 0 aliphatic heterocycles. The average molecular weight is 336 g/mol. The third-order valence-electron chi connectivity index (χ3n) is 3.19. The van der Waals surface area contributed by atoms with E-state index >= 15 is 0 Å². The molecule has 0 atom stereocenters. The van der Waals surface area contributed by atoms with Crippen molar-refractivity contribution in [3.63, 3.8) is 0 Å². The normalized spacial score (nSPS) is 10.3. The van der Waals surface area contributed by atoms with Crippen molar-refractivity contribution in [1.82, 2.24) is 10.6 Å². The minimum atomic E-state index is -0.969. The molecule has 126 valence electrons. The van der Waals surface area contributed by atoms with Crippen LogP contribution < -0.4 is 10.6 Å². The first-order chi connectivity index (χ1) is 11.5. The van der Waals surface area contributed by atoms with Crippen LogP contribution in [0.25, 0.3) is 0 Å². The fourth-order valence-electron chi connectivity index (χ4n) is 1.99. The van der Waals surface area contributed by atoms with Gasteiger partial charge in [-0.25, -0.2) is 13.2 Å². The summed E-state index contributed by atoms with van der Waals surface area (Å²) in [5, 5.41) is 4.95. The summed E-state index contributed by atoms with van der Waals surface area (Å²) in [5.74, 6) is -3.22. The van der Waals surface area contributed by atoms with E-state index in [4.69, 9.17) is 0 Å². The van der Waals surface area contributed by atoms with Crippen LogP contribution in [0.3, 0.4) is 0 Å². The van der Waals surface area contributed by atoms with E-state index in [-0.39, 0.29) is 31.0 Å². The van der Waals surface area contributed by atoms with Gasteiger partial charge < -0.3 is 10.6 Å². The van der Waals surface area contributed by atoms with Crippen LogP contribution in [0.15, 0.2) is 42.5 Å². The minimum Gasteiger partial charge on any atom is -0.352 e. The van der Waals surface area contributed by atoms with Gasteiger partial charge in [0, 0.05) is 25.6 Å². The Balaban J connectivity index is 1.75. The highest BCUT2D eigenvalue weighted by Gasteiger charge is 2.12. The first-order valence-corrected chi connectivity index (χ1v) is 7.20. The van der Waals surface area contributed by atoms with Crippen LogP contribution in [0.2, 0.25) is 0 Å². The molecule has 0 saturated heterocycles. The lowest BCUT2D eigenvalue weighted by Gasteiger charge is -2.07. The molecule has 2 aromatic rings. The number of hydrogen-bond acceptors (Lipinski definition) is 2. The lowest BCUT2D eigenvalue weighted by atomic mass is 10.2. The molecule has 0 aliphatic rings. The van der Waals surface area contributed by atoms with E-state index in [2.05, 4.69) is 10.6 Å². The molecular formula is C17H15F3N2O2. The minimum absolute atomic E-state index is 0.00929. The summed E-state index contributed by atoms with van der Waals surface area (Å²) in [7, 11) is 0. The molecule has 4 nitrogen and oxygen atoms in total. The number of rotatable bonds is 6. The lowest BCUT2D eigenvalue weighted by molar-refractivity contribution is -0.121. The Kier molecular flexibility index (Phi) is 5.95. The molecule has 2 aromatic carbocycles. The van der Waals surface area contributed by atoms with Gasteiger partial charge in [0.15, 0.2) is 0 Å². The maximum Gasteiger partial charge on any atom is 0.254 e. The maximum absolute atomic E-state index is 13.4. The summed E-state index contributed by atoms with van der Waals surface area (Å²) in [6.45, 7) is 0.155. The standard InChI is InChI=1S/C17H15F3N2O2/c18-12-3-1-2-11(8-12)10-22-16(23)6-7-21-17(24)14-5-4-13(19)9-15(14)20/h1-5,8-9H,6-7,10H2,(H,21,24)(H,22,23). The Labute approximate surface area is 136 Å². The Morgan fingerprint density at radius 3 is 2.38 bits per heavy atom. The molecule has 0 aromatic heterocycles. The van der Waals surface area contributed by atoms with Gasteiger partial charge in [0.1, 0.15) is 17.5 Å². The number of halogens is 3. The van der Waals surface area contributed by atoms with Crippen LogP contribution in [0.4, 0.5) is 13.2 Å². The van der Waals surface area contributed by atoms with Gasteiger partial charge in [0.05, 0.1) is 5.56 Å².